The minimum atomic E-state index is -0.0419. The summed E-state index contributed by atoms with van der Waals surface area (Å²) in [5.74, 6) is -0.0737. The molecule has 0 bridgehead atoms. The van der Waals surface area contributed by atoms with E-state index in [2.05, 4.69) is 4.90 Å². The number of nitrogens with zero attached hydrogens (tertiary/aromatic N) is 1. The van der Waals surface area contributed by atoms with Crippen molar-refractivity contribution >= 4 is 11.6 Å². The van der Waals surface area contributed by atoms with Crippen LogP contribution in [0.3, 0.4) is 0 Å². The van der Waals surface area contributed by atoms with Crippen molar-refractivity contribution in [2.24, 2.45) is 0 Å². The summed E-state index contributed by atoms with van der Waals surface area (Å²) in [6, 6.07) is 12.8. The van der Waals surface area contributed by atoms with Gasteiger partial charge in [-0.2, -0.15) is 0 Å². The number of hydrogen-bond acceptors (Lipinski definition) is 3. The molecule has 0 atom stereocenters. The molecule has 3 nitrogen and oxygen atoms in total. The van der Waals surface area contributed by atoms with E-state index in [-0.39, 0.29) is 11.6 Å². The molecule has 23 heavy (non-hydrogen) atoms. The van der Waals surface area contributed by atoms with Gasteiger partial charge < -0.3 is 0 Å². The van der Waals surface area contributed by atoms with Gasteiger partial charge in [0.05, 0.1) is 0 Å². The molecule has 2 aliphatic rings. The van der Waals surface area contributed by atoms with E-state index < -0.39 is 0 Å². The Labute approximate surface area is 135 Å². The summed E-state index contributed by atoms with van der Waals surface area (Å²) < 4.78 is 0. The van der Waals surface area contributed by atoms with Crippen LogP contribution in [0.2, 0.25) is 0 Å². The van der Waals surface area contributed by atoms with E-state index in [1.807, 2.05) is 24.3 Å². The van der Waals surface area contributed by atoms with E-state index >= 15 is 0 Å². The molecule has 2 aromatic rings. The zero-order valence-corrected chi connectivity index (χ0v) is 13.0. The second-order valence-corrected chi connectivity index (χ2v) is 6.42. The maximum absolute atomic E-state index is 12.7. The van der Waals surface area contributed by atoms with Gasteiger partial charge in [0.2, 0.25) is 0 Å². The Balaban J connectivity index is 1.68. The second-order valence-electron chi connectivity index (χ2n) is 6.42. The van der Waals surface area contributed by atoms with Gasteiger partial charge in [0.1, 0.15) is 0 Å². The normalized spacial score (nSPS) is 17.7. The number of likely N-dealkylation sites (tertiary alicyclic amines) is 1. The first-order chi connectivity index (χ1) is 11.2. The molecular weight excluding hydrogens is 286 g/mol. The number of hydrogen-bond donors (Lipinski definition) is 0. The van der Waals surface area contributed by atoms with Gasteiger partial charge in [-0.05, 0) is 43.6 Å². The van der Waals surface area contributed by atoms with Crippen molar-refractivity contribution in [1.82, 2.24) is 4.90 Å². The molecule has 1 saturated heterocycles. The Hall–Kier alpha value is -2.26. The third-order valence-corrected chi connectivity index (χ3v) is 4.84. The summed E-state index contributed by atoms with van der Waals surface area (Å²) in [7, 11) is 0. The van der Waals surface area contributed by atoms with E-state index in [0.29, 0.717) is 22.3 Å². The summed E-state index contributed by atoms with van der Waals surface area (Å²) in [6.07, 6.45) is 3.80. The summed E-state index contributed by atoms with van der Waals surface area (Å²) in [4.78, 5) is 27.7. The lowest BCUT2D eigenvalue weighted by Gasteiger charge is -2.27. The first kappa shape index (κ1) is 14.3. The fourth-order valence-electron chi connectivity index (χ4n) is 3.62. The molecule has 0 amide bonds. The summed E-state index contributed by atoms with van der Waals surface area (Å²) in [6.45, 7) is 3.09. The van der Waals surface area contributed by atoms with Crippen LogP contribution in [0.25, 0.3) is 0 Å². The number of fused-ring (bicyclic) bond motifs is 2. The van der Waals surface area contributed by atoms with Gasteiger partial charge in [0.15, 0.2) is 11.6 Å². The number of carbonyl (C=O) groups excluding carboxylic acids is 2. The first-order valence-electron chi connectivity index (χ1n) is 8.28. The highest BCUT2D eigenvalue weighted by Crippen LogP contribution is 2.28. The largest absolute Gasteiger partial charge is 0.299 e. The van der Waals surface area contributed by atoms with Gasteiger partial charge in [0.25, 0.3) is 0 Å². The SMILES string of the molecule is O=C1c2ccccc2C(=O)c2cc(CN3CCCCC3)ccc21. The fourth-order valence-corrected chi connectivity index (χ4v) is 3.62. The van der Waals surface area contributed by atoms with Gasteiger partial charge in [-0.25, -0.2) is 0 Å². The van der Waals surface area contributed by atoms with Crippen molar-refractivity contribution in [3.63, 3.8) is 0 Å². The van der Waals surface area contributed by atoms with Crippen molar-refractivity contribution in [3.8, 4) is 0 Å². The Morgan fingerprint density at radius 3 is 2.04 bits per heavy atom. The van der Waals surface area contributed by atoms with Crippen LogP contribution in [-0.2, 0) is 6.54 Å². The van der Waals surface area contributed by atoms with Crippen LogP contribution in [0.4, 0.5) is 0 Å². The number of piperidine rings is 1. The van der Waals surface area contributed by atoms with E-state index in [4.69, 9.17) is 0 Å². The van der Waals surface area contributed by atoms with E-state index in [0.717, 1.165) is 25.2 Å². The highest BCUT2D eigenvalue weighted by atomic mass is 16.1. The minimum Gasteiger partial charge on any atom is -0.299 e. The van der Waals surface area contributed by atoms with Crippen LogP contribution < -0.4 is 0 Å². The van der Waals surface area contributed by atoms with Crippen LogP contribution in [0, 0.1) is 0 Å². The van der Waals surface area contributed by atoms with Crippen LogP contribution in [0.5, 0.6) is 0 Å². The molecule has 0 radical (unpaired) electrons. The lowest BCUT2D eigenvalue weighted by molar-refractivity contribution is 0.0979. The summed E-state index contributed by atoms with van der Waals surface area (Å²) in [5, 5.41) is 0. The Morgan fingerprint density at radius 1 is 0.739 bits per heavy atom. The highest BCUT2D eigenvalue weighted by Gasteiger charge is 2.29. The van der Waals surface area contributed by atoms with Crippen LogP contribution in [0.1, 0.15) is 56.7 Å². The maximum atomic E-state index is 12.7. The number of ketones is 2. The Morgan fingerprint density at radius 2 is 1.35 bits per heavy atom. The van der Waals surface area contributed by atoms with Crippen LogP contribution in [0.15, 0.2) is 42.5 Å². The van der Waals surface area contributed by atoms with Gasteiger partial charge in [0, 0.05) is 28.8 Å². The van der Waals surface area contributed by atoms with Gasteiger partial charge >= 0.3 is 0 Å². The third kappa shape index (κ3) is 2.51. The van der Waals surface area contributed by atoms with Crippen molar-refractivity contribution in [3.05, 3.63) is 70.3 Å². The average Bonchev–Trinajstić information content (AvgIpc) is 2.60. The zero-order chi connectivity index (χ0) is 15.8. The first-order valence-corrected chi connectivity index (χ1v) is 8.28. The quantitative estimate of drug-likeness (QED) is 0.728. The predicted octanol–water partition coefficient (Wildman–Crippen LogP) is 3.45. The van der Waals surface area contributed by atoms with Crippen molar-refractivity contribution in [2.45, 2.75) is 25.8 Å². The molecular formula is C20H19NO2. The third-order valence-electron chi connectivity index (χ3n) is 4.84. The molecule has 2 aromatic carbocycles. The molecule has 1 aliphatic carbocycles. The van der Waals surface area contributed by atoms with Crippen molar-refractivity contribution in [1.29, 1.82) is 0 Å². The number of rotatable bonds is 2. The molecule has 4 rings (SSSR count). The van der Waals surface area contributed by atoms with E-state index in [1.54, 1.807) is 18.2 Å². The molecule has 0 spiro atoms. The fraction of sp³-hybridized carbons (Fsp3) is 0.300. The molecule has 0 aromatic heterocycles. The lowest BCUT2D eigenvalue weighted by Crippen LogP contribution is -2.29. The van der Waals surface area contributed by atoms with Crippen LogP contribution in [-0.4, -0.2) is 29.6 Å². The zero-order valence-electron chi connectivity index (χ0n) is 13.0. The molecule has 1 heterocycles. The van der Waals surface area contributed by atoms with Crippen LogP contribution >= 0.6 is 0 Å². The number of benzene rings is 2. The Bertz CT molecular complexity index is 788. The van der Waals surface area contributed by atoms with Crippen molar-refractivity contribution in [2.75, 3.05) is 13.1 Å². The highest BCUT2D eigenvalue weighted by molar-refractivity contribution is 6.28. The molecule has 0 saturated carbocycles. The van der Waals surface area contributed by atoms with Gasteiger partial charge in [-0.15, -0.1) is 0 Å². The molecule has 0 unspecified atom stereocenters. The summed E-state index contributed by atoms with van der Waals surface area (Å²) >= 11 is 0. The second kappa shape index (κ2) is 5.74. The molecule has 116 valence electrons. The molecule has 1 fully saturated rings. The lowest BCUT2D eigenvalue weighted by atomic mass is 9.83. The van der Waals surface area contributed by atoms with Gasteiger partial charge in [-0.3, -0.25) is 14.5 Å². The monoisotopic (exact) mass is 305 g/mol. The average molecular weight is 305 g/mol. The maximum Gasteiger partial charge on any atom is 0.194 e. The van der Waals surface area contributed by atoms with Gasteiger partial charge in [-0.1, -0.05) is 36.8 Å². The molecule has 1 aliphatic heterocycles. The topological polar surface area (TPSA) is 37.4 Å². The smallest absolute Gasteiger partial charge is 0.194 e. The summed E-state index contributed by atoms with van der Waals surface area (Å²) in [5.41, 5.74) is 3.26. The number of carbonyl (C=O) groups is 2. The van der Waals surface area contributed by atoms with E-state index in [9.17, 15) is 9.59 Å². The van der Waals surface area contributed by atoms with E-state index in [1.165, 1.54) is 19.3 Å². The Kier molecular flexibility index (Phi) is 3.58. The standard InChI is InChI=1S/C20H19NO2/c22-19-15-6-2-3-7-16(15)20(23)18-12-14(8-9-17(18)19)13-21-10-4-1-5-11-21/h2-3,6-9,12H,1,4-5,10-11,13H2. The minimum absolute atomic E-state index is 0.0318. The predicted molar refractivity (Wildman–Crippen MR) is 88.9 cm³/mol. The molecule has 0 N–H and O–H groups in total. The van der Waals surface area contributed by atoms with Crippen molar-refractivity contribution < 1.29 is 9.59 Å². The molecule has 3 heteroatoms.